The fourth-order valence-electron chi connectivity index (χ4n) is 0.944. The molecule has 0 unspecified atom stereocenters. The first-order valence-corrected chi connectivity index (χ1v) is 5.23. The Morgan fingerprint density at radius 3 is 2.75 bits per heavy atom. The maximum atomic E-state index is 11.0. The lowest BCUT2D eigenvalue weighted by Crippen LogP contribution is -1.99. The minimum absolute atomic E-state index is 0.281. The van der Waals surface area contributed by atoms with Gasteiger partial charge in [0.1, 0.15) is 0 Å². The van der Waals surface area contributed by atoms with E-state index < -0.39 is 5.97 Å². The molecule has 0 amide bonds. The first kappa shape index (κ1) is 12.7. The van der Waals surface area contributed by atoms with Crippen molar-refractivity contribution in [1.82, 2.24) is 0 Å². The molecule has 0 aromatic heterocycles. The molecule has 2 N–H and O–H groups in total. The summed E-state index contributed by atoms with van der Waals surface area (Å²) in [6.45, 7) is 1.98. The van der Waals surface area contributed by atoms with E-state index >= 15 is 0 Å². The maximum Gasteiger partial charge on any atom is 0.384 e. The average molecular weight is 258 g/mol. The number of anilines is 1. The Morgan fingerprint density at radius 1 is 1.44 bits per heavy atom. The number of carbonyl (C=O) groups excluding carboxylic acids is 1. The minimum atomic E-state index is -0.605. The van der Waals surface area contributed by atoms with E-state index in [1.54, 1.807) is 6.92 Å². The second-order valence-corrected chi connectivity index (χ2v) is 3.64. The van der Waals surface area contributed by atoms with Crippen LogP contribution in [0.5, 0.6) is 0 Å². The number of esters is 1. The zero-order chi connectivity index (χ0) is 12.1. The molecule has 0 aliphatic rings. The molecule has 0 aliphatic heterocycles. The van der Waals surface area contributed by atoms with Crippen LogP contribution in [0.2, 0.25) is 10.0 Å². The summed E-state index contributed by atoms with van der Waals surface area (Å²) in [5.74, 6) is 4.26. The summed E-state index contributed by atoms with van der Waals surface area (Å²) < 4.78 is 4.64. The van der Waals surface area contributed by atoms with Crippen LogP contribution in [0, 0.1) is 11.8 Å². The summed E-state index contributed by atoms with van der Waals surface area (Å²) in [6, 6.07) is 2.99. The monoisotopic (exact) mass is 257 g/mol. The van der Waals surface area contributed by atoms with Gasteiger partial charge in [0, 0.05) is 11.5 Å². The lowest BCUT2D eigenvalue weighted by Gasteiger charge is -2.00. The quantitative estimate of drug-likeness (QED) is 0.478. The number of ether oxygens (including phenoxy) is 1. The van der Waals surface area contributed by atoms with Crippen molar-refractivity contribution in [1.29, 1.82) is 0 Å². The van der Waals surface area contributed by atoms with Gasteiger partial charge in [0.05, 0.1) is 22.3 Å². The van der Waals surface area contributed by atoms with Crippen LogP contribution in [0.3, 0.4) is 0 Å². The molecule has 0 atom stereocenters. The molecular formula is C11H9Cl2NO2. The molecule has 0 bridgehead atoms. The third kappa shape index (κ3) is 3.34. The Hall–Kier alpha value is -1.37. The summed E-state index contributed by atoms with van der Waals surface area (Å²) in [5.41, 5.74) is 6.34. The van der Waals surface area contributed by atoms with Gasteiger partial charge in [-0.3, -0.25) is 0 Å². The smallest absolute Gasteiger partial charge is 0.384 e. The van der Waals surface area contributed by atoms with Crippen LogP contribution in [-0.4, -0.2) is 12.6 Å². The van der Waals surface area contributed by atoms with Crippen molar-refractivity contribution in [3.8, 4) is 11.8 Å². The lowest BCUT2D eigenvalue weighted by molar-refractivity contribution is -0.136. The summed E-state index contributed by atoms with van der Waals surface area (Å²) in [5, 5.41) is 0.691. The van der Waals surface area contributed by atoms with Gasteiger partial charge < -0.3 is 10.5 Å². The third-order valence-electron chi connectivity index (χ3n) is 1.66. The molecule has 0 fully saturated rings. The Balaban J connectivity index is 2.97. The summed E-state index contributed by atoms with van der Waals surface area (Å²) in [7, 11) is 0. The van der Waals surface area contributed by atoms with Crippen LogP contribution in [0.25, 0.3) is 0 Å². The zero-order valence-corrected chi connectivity index (χ0v) is 10.0. The largest absolute Gasteiger partial charge is 0.456 e. The number of carbonyl (C=O) groups is 1. The van der Waals surface area contributed by atoms with E-state index in [0.717, 1.165) is 0 Å². The van der Waals surface area contributed by atoms with Gasteiger partial charge in [0.2, 0.25) is 0 Å². The van der Waals surface area contributed by atoms with Crippen LogP contribution in [0.15, 0.2) is 12.1 Å². The van der Waals surface area contributed by atoms with Crippen LogP contribution < -0.4 is 5.73 Å². The number of nitrogens with two attached hydrogens (primary N) is 1. The van der Waals surface area contributed by atoms with Gasteiger partial charge in [-0.1, -0.05) is 29.1 Å². The van der Waals surface area contributed by atoms with Crippen molar-refractivity contribution in [2.45, 2.75) is 6.92 Å². The van der Waals surface area contributed by atoms with Crippen LogP contribution in [-0.2, 0) is 9.53 Å². The van der Waals surface area contributed by atoms with E-state index in [2.05, 4.69) is 16.6 Å². The van der Waals surface area contributed by atoms with Gasteiger partial charge in [-0.05, 0) is 19.1 Å². The van der Waals surface area contributed by atoms with E-state index in [-0.39, 0.29) is 6.61 Å². The van der Waals surface area contributed by atoms with Crippen LogP contribution in [0.1, 0.15) is 12.5 Å². The molecule has 0 radical (unpaired) electrons. The number of halogens is 2. The number of benzene rings is 1. The molecule has 5 heteroatoms. The number of hydrogen-bond acceptors (Lipinski definition) is 3. The minimum Gasteiger partial charge on any atom is -0.456 e. The van der Waals surface area contributed by atoms with Crippen molar-refractivity contribution in [3.05, 3.63) is 27.7 Å². The SMILES string of the molecule is CCOC(=O)C#Cc1cc(Cl)c(N)cc1Cl. The Bertz CT molecular complexity index is 475. The van der Waals surface area contributed by atoms with Crippen molar-refractivity contribution in [2.24, 2.45) is 0 Å². The summed E-state index contributed by atoms with van der Waals surface area (Å²) in [6.07, 6.45) is 0. The van der Waals surface area contributed by atoms with Gasteiger partial charge in [-0.25, -0.2) is 4.79 Å². The molecule has 0 spiro atoms. The molecule has 0 saturated carbocycles. The topological polar surface area (TPSA) is 52.3 Å². The molecule has 1 aromatic rings. The molecular weight excluding hydrogens is 249 g/mol. The third-order valence-corrected chi connectivity index (χ3v) is 2.30. The molecule has 1 rings (SSSR count). The fourth-order valence-corrected chi connectivity index (χ4v) is 1.33. The molecule has 0 saturated heterocycles. The van der Waals surface area contributed by atoms with Gasteiger partial charge in [0.25, 0.3) is 0 Å². The van der Waals surface area contributed by atoms with E-state index in [4.69, 9.17) is 28.9 Å². The number of rotatable bonds is 1. The average Bonchev–Trinajstić information content (AvgIpc) is 2.22. The Kier molecular flexibility index (Phi) is 4.48. The number of hydrogen-bond donors (Lipinski definition) is 1. The van der Waals surface area contributed by atoms with E-state index in [1.165, 1.54) is 12.1 Å². The van der Waals surface area contributed by atoms with Crippen molar-refractivity contribution in [2.75, 3.05) is 12.3 Å². The summed E-state index contributed by atoms with van der Waals surface area (Å²) in [4.78, 5) is 11.0. The standard InChI is InChI=1S/C11H9Cl2NO2/c1-2-16-11(15)4-3-7-5-9(13)10(14)6-8(7)12/h5-6H,2,14H2,1H3. The van der Waals surface area contributed by atoms with Gasteiger partial charge in [0.15, 0.2) is 0 Å². The number of nitrogen functional groups attached to an aromatic ring is 1. The highest BCUT2D eigenvalue weighted by molar-refractivity contribution is 6.35. The van der Waals surface area contributed by atoms with Gasteiger partial charge in [-0.15, -0.1) is 0 Å². The maximum absolute atomic E-state index is 11.0. The Morgan fingerprint density at radius 2 is 2.12 bits per heavy atom. The van der Waals surface area contributed by atoms with Crippen LogP contribution in [0.4, 0.5) is 5.69 Å². The lowest BCUT2D eigenvalue weighted by atomic mass is 10.2. The molecule has 1 aromatic carbocycles. The Labute approximate surface area is 103 Å². The fraction of sp³-hybridized carbons (Fsp3) is 0.182. The zero-order valence-electron chi connectivity index (χ0n) is 8.51. The predicted octanol–water partition coefficient (Wildman–Crippen LogP) is 2.49. The second kappa shape index (κ2) is 5.64. The molecule has 0 aliphatic carbocycles. The molecule has 16 heavy (non-hydrogen) atoms. The van der Waals surface area contributed by atoms with Gasteiger partial charge >= 0.3 is 5.97 Å². The summed E-state index contributed by atoms with van der Waals surface area (Å²) >= 11 is 11.7. The van der Waals surface area contributed by atoms with E-state index in [9.17, 15) is 4.79 Å². The van der Waals surface area contributed by atoms with Crippen molar-refractivity contribution in [3.63, 3.8) is 0 Å². The van der Waals surface area contributed by atoms with Crippen molar-refractivity contribution < 1.29 is 9.53 Å². The molecule has 84 valence electrons. The predicted molar refractivity (Wildman–Crippen MR) is 64.4 cm³/mol. The first-order chi connectivity index (χ1) is 7.54. The molecule has 3 nitrogen and oxygen atoms in total. The highest BCUT2D eigenvalue weighted by atomic mass is 35.5. The highest BCUT2D eigenvalue weighted by Gasteiger charge is 2.03. The van der Waals surface area contributed by atoms with Crippen LogP contribution >= 0.6 is 23.2 Å². The van der Waals surface area contributed by atoms with Gasteiger partial charge in [-0.2, -0.15) is 0 Å². The van der Waals surface area contributed by atoms with E-state index in [0.29, 0.717) is 21.3 Å². The normalized spacial score (nSPS) is 9.19. The molecule has 0 heterocycles. The van der Waals surface area contributed by atoms with Crippen molar-refractivity contribution >= 4 is 34.9 Å². The van der Waals surface area contributed by atoms with E-state index in [1.807, 2.05) is 0 Å². The highest BCUT2D eigenvalue weighted by Crippen LogP contribution is 2.26. The second-order valence-electron chi connectivity index (χ2n) is 2.82. The first-order valence-electron chi connectivity index (χ1n) is 4.48.